The third-order valence-electron chi connectivity index (χ3n) is 3.25. The Bertz CT molecular complexity index is 702. The van der Waals surface area contributed by atoms with Crippen LogP contribution in [-0.2, 0) is 6.42 Å². The molecule has 0 bridgehead atoms. The molecular formula is C16H10Cl2O. The van der Waals surface area contributed by atoms with E-state index >= 15 is 0 Å². The minimum atomic E-state index is 0.0756. The lowest BCUT2D eigenvalue weighted by Crippen LogP contribution is -1.95. The van der Waals surface area contributed by atoms with Crippen LogP contribution in [0, 0.1) is 0 Å². The highest BCUT2D eigenvalue weighted by atomic mass is 35.5. The summed E-state index contributed by atoms with van der Waals surface area (Å²) in [6.07, 6.45) is 2.48. The zero-order valence-corrected chi connectivity index (χ0v) is 11.5. The lowest BCUT2D eigenvalue weighted by atomic mass is 10.1. The van der Waals surface area contributed by atoms with E-state index < -0.39 is 0 Å². The first kappa shape index (κ1) is 12.5. The van der Waals surface area contributed by atoms with Crippen molar-refractivity contribution in [1.82, 2.24) is 0 Å². The van der Waals surface area contributed by atoms with Gasteiger partial charge in [-0.05, 0) is 23.3 Å². The van der Waals surface area contributed by atoms with Gasteiger partial charge in [-0.2, -0.15) is 0 Å². The van der Waals surface area contributed by atoms with Gasteiger partial charge in [0, 0.05) is 17.6 Å². The maximum atomic E-state index is 12.3. The number of carbonyl (C=O) groups is 1. The first-order valence-electron chi connectivity index (χ1n) is 5.94. The molecule has 0 unspecified atom stereocenters. The average molecular weight is 289 g/mol. The number of ketones is 1. The number of carbonyl (C=O) groups excluding carboxylic acids is 1. The Morgan fingerprint density at radius 3 is 2.58 bits per heavy atom. The summed E-state index contributed by atoms with van der Waals surface area (Å²) in [7, 11) is 0. The Morgan fingerprint density at radius 1 is 1.00 bits per heavy atom. The summed E-state index contributed by atoms with van der Waals surface area (Å²) in [5.41, 5.74) is 3.39. The third-order valence-corrected chi connectivity index (χ3v) is 4.08. The van der Waals surface area contributed by atoms with Crippen molar-refractivity contribution in [3.8, 4) is 0 Å². The van der Waals surface area contributed by atoms with Crippen molar-refractivity contribution in [2.75, 3.05) is 0 Å². The van der Waals surface area contributed by atoms with Crippen LogP contribution in [0.5, 0.6) is 0 Å². The van der Waals surface area contributed by atoms with E-state index in [9.17, 15) is 4.79 Å². The smallest absolute Gasteiger partial charge is 0.189 e. The fourth-order valence-corrected chi connectivity index (χ4v) is 2.65. The molecule has 2 aromatic rings. The van der Waals surface area contributed by atoms with Gasteiger partial charge in [-0.25, -0.2) is 0 Å². The lowest BCUT2D eigenvalue weighted by molar-refractivity contribution is 0.104. The number of halogens is 2. The number of allylic oxidation sites excluding steroid dienone is 1. The molecule has 0 saturated heterocycles. The van der Waals surface area contributed by atoms with Gasteiger partial charge in [0.1, 0.15) is 0 Å². The molecule has 0 spiro atoms. The molecule has 0 amide bonds. The van der Waals surface area contributed by atoms with Gasteiger partial charge < -0.3 is 0 Å². The molecule has 0 fully saturated rings. The van der Waals surface area contributed by atoms with Gasteiger partial charge in [0.15, 0.2) is 5.78 Å². The molecule has 0 aliphatic heterocycles. The summed E-state index contributed by atoms with van der Waals surface area (Å²) in [5, 5.41) is 0.986. The van der Waals surface area contributed by atoms with Crippen molar-refractivity contribution in [1.29, 1.82) is 0 Å². The van der Waals surface area contributed by atoms with Crippen LogP contribution in [0.1, 0.15) is 21.5 Å². The number of benzene rings is 2. The SMILES string of the molecule is O=C1C(=Cc2cccc(Cl)c2Cl)Cc2ccccc21. The molecular weight excluding hydrogens is 279 g/mol. The van der Waals surface area contributed by atoms with Crippen molar-refractivity contribution in [2.45, 2.75) is 6.42 Å². The summed E-state index contributed by atoms with van der Waals surface area (Å²) in [4.78, 5) is 12.3. The van der Waals surface area contributed by atoms with Gasteiger partial charge in [0.25, 0.3) is 0 Å². The van der Waals surface area contributed by atoms with Gasteiger partial charge in [-0.1, -0.05) is 59.6 Å². The minimum absolute atomic E-state index is 0.0756. The summed E-state index contributed by atoms with van der Waals surface area (Å²) in [6, 6.07) is 13.1. The van der Waals surface area contributed by atoms with Gasteiger partial charge in [-0.15, -0.1) is 0 Å². The summed E-state index contributed by atoms with van der Waals surface area (Å²) >= 11 is 12.1. The van der Waals surface area contributed by atoms with Crippen LogP contribution in [0.3, 0.4) is 0 Å². The zero-order valence-electron chi connectivity index (χ0n) is 9.99. The zero-order chi connectivity index (χ0) is 13.4. The Kier molecular flexibility index (Phi) is 3.17. The molecule has 1 aliphatic carbocycles. The molecule has 1 aliphatic rings. The molecule has 1 nitrogen and oxygen atoms in total. The monoisotopic (exact) mass is 288 g/mol. The molecule has 0 radical (unpaired) electrons. The first-order valence-corrected chi connectivity index (χ1v) is 6.69. The van der Waals surface area contributed by atoms with Crippen LogP contribution in [0.25, 0.3) is 6.08 Å². The molecule has 0 aromatic heterocycles. The number of fused-ring (bicyclic) bond motifs is 1. The van der Waals surface area contributed by atoms with Crippen LogP contribution >= 0.6 is 23.2 Å². The van der Waals surface area contributed by atoms with Crippen molar-refractivity contribution in [3.05, 3.63) is 74.8 Å². The van der Waals surface area contributed by atoms with Crippen LogP contribution in [0.4, 0.5) is 0 Å². The van der Waals surface area contributed by atoms with Gasteiger partial charge in [0.2, 0.25) is 0 Å². The summed E-state index contributed by atoms with van der Waals surface area (Å²) in [5.74, 6) is 0.0756. The highest BCUT2D eigenvalue weighted by Gasteiger charge is 2.24. The largest absolute Gasteiger partial charge is 0.289 e. The van der Waals surface area contributed by atoms with Crippen LogP contribution < -0.4 is 0 Å². The van der Waals surface area contributed by atoms with Crippen LogP contribution in [0.2, 0.25) is 10.0 Å². The molecule has 94 valence electrons. The van der Waals surface area contributed by atoms with Crippen molar-refractivity contribution in [2.24, 2.45) is 0 Å². The molecule has 0 N–H and O–H groups in total. The highest BCUT2D eigenvalue weighted by molar-refractivity contribution is 6.43. The molecule has 0 saturated carbocycles. The number of rotatable bonds is 1. The number of hydrogen-bond acceptors (Lipinski definition) is 1. The third kappa shape index (κ3) is 2.20. The second kappa shape index (κ2) is 4.84. The molecule has 19 heavy (non-hydrogen) atoms. The Hall–Kier alpha value is -1.57. The molecule has 0 heterocycles. The minimum Gasteiger partial charge on any atom is -0.289 e. The maximum absolute atomic E-state index is 12.3. The fourth-order valence-electron chi connectivity index (χ4n) is 2.29. The van der Waals surface area contributed by atoms with E-state index in [4.69, 9.17) is 23.2 Å². The fraction of sp³-hybridized carbons (Fsp3) is 0.0625. The van der Waals surface area contributed by atoms with E-state index in [0.717, 1.165) is 22.3 Å². The van der Waals surface area contributed by atoms with Crippen LogP contribution in [0.15, 0.2) is 48.0 Å². The van der Waals surface area contributed by atoms with E-state index in [1.165, 1.54) is 0 Å². The lowest BCUT2D eigenvalue weighted by Gasteiger charge is -2.01. The van der Waals surface area contributed by atoms with E-state index in [-0.39, 0.29) is 5.78 Å². The van der Waals surface area contributed by atoms with Gasteiger partial charge in [0.05, 0.1) is 10.0 Å². The topological polar surface area (TPSA) is 17.1 Å². The molecule has 0 atom stereocenters. The Labute approximate surface area is 121 Å². The van der Waals surface area contributed by atoms with Crippen molar-refractivity contribution in [3.63, 3.8) is 0 Å². The van der Waals surface area contributed by atoms with Crippen LogP contribution in [-0.4, -0.2) is 5.78 Å². The van der Waals surface area contributed by atoms with E-state index in [1.54, 1.807) is 6.07 Å². The average Bonchev–Trinajstić information content (AvgIpc) is 2.73. The first-order chi connectivity index (χ1) is 9.16. The van der Waals surface area contributed by atoms with Crippen molar-refractivity contribution >= 4 is 35.1 Å². The Morgan fingerprint density at radius 2 is 1.79 bits per heavy atom. The second-order valence-electron chi connectivity index (χ2n) is 4.48. The number of hydrogen-bond donors (Lipinski definition) is 0. The summed E-state index contributed by atoms with van der Waals surface area (Å²) < 4.78 is 0. The molecule has 3 heteroatoms. The van der Waals surface area contributed by atoms with Crippen molar-refractivity contribution < 1.29 is 4.79 Å². The second-order valence-corrected chi connectivity index (χ2v) is 5.26. The van der Waals surface area contributed by atoms with Gasteiger partial charge in [-0.3, -0.25) is 4.79 Å². The quantitative estimate of drug-likeness (QED) is 0.688. The standard InChI is InChI=1S/C16H10Cl2O/c17-14-7-3-5-11(15(14)18)9-12-8-10-4-1-2-6-13(10)16(12)19/h1-7,9H,8H2. The highest BCUT2D eigenvalue weighted by Crippen LogP contribution is 2.31. The molecule has 2 aromatic carbocycles. The molecule has 3 rings (SSSR count). The van der Waals surface area contributed by atoms with E-state index in [0.29, 0.717) is 16.5 Å². The number of Topliss-reactive ketones (excluding diaryl/α,β-unsaturated/α-hetero) is 1. The van der Waals surface area contributed by atoms with E-state index in [2.05, 4.69) is 0 Å². The normalized spacial score (nSPS) is 15.9. The van der Waals surface area contributed by atoms with Gasteiger partial charge >= 0.3 is 0 Å². The summed E-state index contributed by atoms with van der Waals surface area (Å²) in [6.45, 7) is 0. The maximum Gasteiger partial charge on any atom is 0.189 e. The Balaban J connectivity index is 2.04. The predicted octanol–water partition coefficient (Wildman–Crippen LogP) is 4.82. The van der Waals surface area contributed by atoms with E-state index in [1.807, 2.05) is 42.5 Å². The predicted molar refractivity (Wildman–Crippen MR) is 78.9 cm³/mol.